The molecule has 1 aliphatic carbocycles. The van der Waals surface area contributed by atoms with Gasteiger partial charge in [-0.3, -0.25) is 0 Å². The third-order valence-corrected chi connectivity index (χ3v) is 2.56. The smallest absolute Gasteiger partial charge is 0.424 e. The fourth-order valence-corrected chi connectivity index (χ4v) is 1.87. The number of nitrogens with two attached hydrogens (primary N) is 1. The number of hydrazine groups is 1. The Morgan fingerprint density at radius 1 is 1.40 bits per heavy atom. The maximum atomic E-state index is 11.5. The van der Waals surface area contributed by atoms with Gasteiger partial charge in [-0.2, -0.15) is 0 Å². The van der Waals surface area contributed by atoms with Crippen molar-refractivity contribution in [1.82, 2.24) is 5.01 Å². The number of carbonyl (C=O) groups is 1. The fourth-order valence-electron chi connectivity index (χ4n) is 1.87. The zero-order valence-corrected chi connectivity index (χ0v) is 9.95. The molecule has 0 saturated heterocycles. The van der Waals surface area contributed by atoms with Gasteiger partial charge in [0.05, 0.1) is 0 Å². The van der Waals surface area contributed by atoms with Gasteiger partial charge in [-0.25, -0.2) is 15.6 Å². The molecular formula is C11H22N2O2. The van der Waals surface area contributed by atoms with E-state index in [1.165, 1.54) is 30.7 Å². The summed E-state index contributed by atoms with van der Waals surface area (Å²) in [5.41, 5.74) is -0.468. The van der Waals surface area contributed by atoms with Gasteiger partial charge in [0.2, 0.25) is 0 Å². The Morgan fingerprint density at radius 2 is 1.93 bits per heavy atom. The van der Waals surface area contributed by atoms with Crippen LogP contribution < -0.4 is 5.84 Å². The van der Waals surface area contributed by atoms with Gasteiger partial charge in [-0.1, -0.05) is 12.8 Å². The summed E-state index contributed by atoms with van der Waals surface area (Å²) < 4.78 is 5.17. The van der Waals surface area contributed by atoms with Crippen LogP contribution in [0, 0.1) is 5.92 Å². The van der Waals surface area contributed by atoms with Gasteiger partial charge in [0.1, 0.15) is 5.60 Å². The molecular weight excluding hydrogens is 192 g/mol. The first kappa shape index (κ1) is 12.3. The second-order valence-electron chi connectivity index (χ2n) is 5.28. The molecule has 0 aromatic rings. The van der Waals surface area contributed by atoms with Crippen LogP contribution in [0.15, 0.2) is 0 Å². The van der Waals surface area contributed by atoms with Gasteiger partial charge in [-0.15, -0.1) is 0 Å². The van der Waals surface area contributed by atoms with E-state index in [9.17, 15) is 4.79 Å². The average molecular weight is 214 g/mol. The molecule has 0 aliphatic heterocycles. The summed E-state index contributed by atoms with van der Waals surface area (Å²) in [6.45, 7) is 6.14. The number of ether oxygens (including phenoxy) is 1. The molecule has 4 nitrogen and oxygen atoms in total. The summed E-state index contributed by atoms with van der Waals surface area (Å²) in [5, 5.41) is 1.21. The normalized spacial score (nSPS) is 17.9. The summed E-state index contributed by atoms with van der Waals surface area (Å²) in [4.78, 5) is 11.5. The predicted molar refractivity (Wildman–Crippen MR) is 59.1 cm³/mol. The minimum absolute atomic E-state index is 0.422. The lowest BCUT2D eigenvalue weighted by molar-refractivity contribution is 0.0219. The zero-order valence-electron chi connectivity index (χ0n) is 9.95. The van der Waals surface area contributed by atoms with E-state index >= 15 is 0 Å². The number of amides is 1. The molecule has 0 spiro atoms. The number of hydrogen-bond acceptors (Lipinski definition) is 3. The van der Waals surface area contributed by atoms with Crippen molar-refractivity contribution >= 4 is 6.09 Å². The predicted octanol–water partition coefficient (Wildman–Crippen LogP) is 2.29. The Labute approximate surface area is 91.7 Å². The van der Waals surface area contributed by atoms with Crippen molar-refractivity contribution in [2.45, 2.75) is 52.1 Å². The van der Waals surface area contributed by atoms with Crippen LogP contribution in [0.2, 0.25) is 0 Å². The monoisotopic (exact) mass is 214 g/mol. The summed E-state index contributed by atoms with van der Waals surface area (Å²) in [6, 6.07) is 0. The zero-order chi connectivity index (χ0) is 11.5. The van der Waals surface area contributed by atoms with Crippen molar-refractivity contribution in [2.75, 3.05) is 6.54 Å². The Morgan fingerprint density at radius 3 is 2.40 bits per heavy atom. The molecule has 2 N–H and O–H groups in total. The number of carbonyl (C=O) groups excluding carboxylic acids is 1. The van der Waals surface area contributed by atoms with Crippen LogP contribution >= 0.6 is 0 Å². The van der Waals surface area contributed by atoms with E-state index in [1.807, 2.05) is 20.8 Å². The van der Waals surface area contributed by atoms with E-state index in [0.29, 0.717) is 12.5 Å². The Hall–Kier alpha value is -0.770. The SMILES string of the molecule is CC(C)(C)OC(=O)N(N)CC1CCCC1. The third-order valence-electron chi connectivity index (χ3n) is 2.56. The van der Waals surface area contributed by atoms with Crippen LogP contribution in [0.1, 0.15) is 46.5 Å². The molecule has 1 saturated carbocycles. The molecule has 0 radical (unpaired) electrons. The first-order valence-corrected chi connectivity index (χ1v) is 5.64. The van der Waals surface area contributed by atoms with Crippen molar-refractivity contribution in [2.24, 2.45) is 11.8 Å². The first-order chi connectivity index (χ1) is 6.88. The number of nitrogens with zero attached hydrogens (tertiary/aromatic N) is 1. The van der Waals surface area contributed by atoms with Gasteiger partial charge in [0.25, 0.3) is 0 Å². The van der Waals surface area contributed by atoms with Crippen LogP contribution in [0.5, 0.6) is 0 Å². The highest BCUT2D eigenvalue weighted by molar-refractivity contribution is 5.67. The summed E-state index contributed by atoms with van der Waals surface area (Å²) in [5.74, 6) is 6.22. The molecule has 88 valence electrons. The Bertz CT molecular complexity index is 217. The molecule has 0 bridgehead atoms. The van der Waals surface area contributed by atoms with E-state index in [1.54, 1.807) is 0 Å². The minimum Gasteiger partial charge on any atom is -0.443 e. The standard InChI is InChI=1S/C11H22N2O2/c1-11(2,3)15-10(14)13(12)8-9-6-4-5-7-9/h9H,4-8,12H2,1-3H3. The first-order valence-electron chi connectivity index (χ1n) is 5.64. The highest BCUT2D eigenvalue weighted by Crippen LogP contribution is 2.25. The molecule has 0 atom stereocenters. The van der Waals surface area contributed by atoms with Crippen molar-refractivity contribution in [3.63, 3.8) is 0 Å². The molecule has 0 unspecified atom stereocenters. The second kappa shape index (κ2) is 4.84. The van der Waals surface area contributed by atoms with E-state index < -0.39 is 11.7 Å². The molecule has 0 heterocycles. The highest BCUT2D eigenvalue weighted by Gasteiger charge is 2.23. The number of hydrogen-bond donors (Lipinski definition) is 1. The van der Waals surface area contributed by atoms with Crippen LogP contribution in [0.25, 0.3) is 0 Å². The largest absolute Gasteiger partial charge is 0.443 e. The molecule has 4 heteroatoms. The van der Waals surface area contributed by atoms with Crippen LogP contribution in [-0.4, -0.2) is 23.2 Å². The fraction of sp³-hybridized carbons (Fsp3) is 0.909. The lowest BCUT2D eigenvalue weighted by atomic mass is 10.1. The second-order valence-corrected chi connectivity index (χ2v) is 5.28. The molecule has 1 fully saturated rings. The summed E-state index contributed by atoms with van der Waals surface area (Å²) in [6.07, 6.45) is 4.45. The minimum atomic E-state index is -0.468. The number of rotatable bonds is 2. The van der Waals surface area contributed by atoms with Gasteiger partial charge in [0, 0.05) is 6.54 Å². The van der Waals surface area contributed by atoms with Gasteiger partial charge in [0.15, 0.2) is 0 Å². The summed E-state index contributed by atoms with van der Waals surface area (Å²) in [7, 11) is 0. The van der Waals surface area contributed by atoms with E-state index in [0.717, 1.165) is 0 Å². The molecule has 1 amide bonds. The molecule has 0 aromatic heterocycles. The molecule has 0 aromatic carbocycles. The van der Waals surface area contributed by atoms with Crippen molar-refractivity contribution in [3.05, 3.63) is 0 Å². The van der Waals surface area contributed by atoms with Crippen LogP contribution in [0.4, 0.5) is 4.79 Å². The van der Waals surface area contributed by atoms with Crippen molar-refractivity contribution < 1.29 is 9.53 Å². The van der Waals surface area contributed by atoms with E-state index in [-0.39, 0.29) is 0 Å². The maximum absolute atomic E-state index is 11.5. The quantitative estimate of drug-likeness (QED) is 0.436. The van der Waals surface area contributed by atoms with E-state index in [2.05, 4.69) is 0 Å². The van der Waals surface area contributed by atoms with Crippen molar-refractivity contribution in [3.8, 4) is 0 Å². The molecule has 15 heavy (non-hydrogen) atoms. The third kappa shape index (κ3) is 4.51. The van der Waals surface area contributed by atoms with Gasteiger partial charge >= 0.3 is 6.09 Å². The highest BCUT2D eigenvalue weighted by atomic mass is 16.6. The maximum Gasteiger partial charge on any atom is 0.424 e. The molecule has 1 rings (SSSR count). The Balaban J connectivity index is 2.32. The van der Waals surface area contributed by atoms with Crippen LogP contribution in [-0.2, 0) is 4.74 Å². The lowest BCUT2D eigenvalue weighted by Gasteiger charge is -2.25. The lowest BCUT2D eigenvalue weighted by Crippen LogP contribution is -2.43. The average Bonchev–Trinajstić information content (AvgIpc) is 2.53. The van der Waals surface area contributed by atoms with Gasteiger partial charge in [-0.05, 0) is 39.5 Å². The Kier molecular flexibility index (Phi) is 3.97. The topological polar surface area (TPSA) is 55.6 Å². The van der Waals surface area contributed by atoms with Gasteiger partial charge < -0.3 is 4.74 Å². The van der Waals surface area contributed by atoms with E-state index in [4.69, 9.17) is 10.6 Å². The van der Waals surface area contributed by atoms with Crippen molar-refractivity contribution in [1.29, 1.82) is 0 Å². The molecule has 1 aliphatic rings. The van der Waals surface area contributed by atoms with Crippen LogP contribution in [0.3, 0.4) is 0 Å². The summed E-state index contributed by atoms with van der Waals surface area (Å²) >= 11 is 0.